The Morgan fingerprint density at radius 3 is 2.93 bits per heavy atom. The Bertz CT molecular complexity index is 437. The summed E-state index contributed by atoms with van der Waals surface area (Å²) in [5.74, 6) is -0.209. The largest absolute Gasteiger partial charge is 0.379 e. The molecule has 0 atom stereocenters. The molecule has 0 saturated carbocycles. The van der Waals surface area contributed by atoms with Crippen molar-refractivity contribution >= 4 is 5.69 Å². The van der Waals surface area contributed by atoms with Crippen LogP contribution in [0.1, 0.15) is 11.3 Å². The summed E-state index contributed by atoms with van der Waals surface area (Å²) in [5.41, 5.74) is 2.83. The predicted molar refractivity (Wildman–Crippen MR) is 57.1 cm³/mol. The van der Waals surface area contributed by atoms with Crippen molar-refractivity contribution in [3.8, 4) is 0 Å². The third-order valence-corrected chi connectivity index (χ3v) is 2.22. The van der Waals surface area contributed by atoms with E-state index >= 15 is 0 Å². The maximum absolute atomic E-state index is 12.8. The second kappa shape index (κ2) is 4.13. The van der Waals surface area contributed by atoms with Crippen LogP contribution in [-0.2, 0) is 6.54 Å². The van der Waals surface area contributed by atoms with Crippen LogP contribution in [-0.4, -0.2) is 10.2 Å². The molecule has 4 heteroatoms. The molecule has 15 heavy (non-hydrogen) atoms. The quantitative estimate of drug-likeness (QED) is 0.808. The molecule has 0 amide bonds. The van der Waals surface area contributed by atoms with Crippen LogP contribution in [0.2, 0.25) is 0 Å². The van der Waals surface area contributed by atoms with Gasteiger partial charge in [-0.2, -0.15) is 5.10 Å². The van der Waals surface area contributed by atoms with Gasteiger partial charge in [-0.25, -0.2) is 4.39 Å². The van der Waals surface area contributed by atoms with Crippen molar-refractivity contribution in [3.05, 3.63) is 47.5 Å². The zero-order valence-electron chi connectivity index (χ0n) is 8.42. The molecule has 78 valence electrons. The third kappa shape index (κ3) is 2.34. The van der Waals surface area contributed by atoms with Crippen LogP contribution in [0.25, 0.3) is 0 Å². The molecule has 0 aliphatic carbocycles. The standard InChI is InChI=1S/C11H12FN3/c1-8-6-9(12)2-3-11(8)13-7-10-4-5-14-15-10/h2-6,13H,7H2,1H3,(H,14,15). The molecular formula is C11H12FN3. The van der Waals surface area contributed by atoms with Gasteiger partial charge in [0.25, 0.3) is 0 Å². The fourth-order valence-corrected chi connectivity index (χ4v) is 1.40. The third-order valence-electron chi connectivity index (χ3n) is 2.22. The summed E-state index contributed by atoms with van der Waals surface area (Å²) in [5, 5.41) is 9.90. The van der Waals surface area contributed by atoms with E-state index in [-0.39, 0.29) is 5.82 Å². The van der Waals surface area contributed by atoms with Gasteiger partial charge in [0.1, 0.15) is 5.82 Å². The number of nitrogens with one attached hydrogen (secondary N) is 2. The maximum Gasteiger partial charge on any atom is 0.123 e. The first kappa shape index (κ1) is 9.71. The molecule has 3 nitrogen and oxygen atoms in total. The van der Waals surface area contributed by atoms with Crippen LogP contribution in [0.3, 0.4) is 0 Å². The molecule has 1 aromatic carbocycles. The average Bonchev–Trinajstić information content (AvgIpc) is 2.69. The van der Waals surface area contributed by atoms with Crippen LogP contribution >= 0.6 is 0 Å². The Kier molecular flexibility index (Phi) is 2.67. The molecule has 0 unspecified atom stereocenters. The Morgan fingerprint density at radius 2 is 2.27 bits per heavy atom. The number of H-pyrrole nitrogens is 1. The summed E-state index contributed by atoms with van der Waals surface area (Å²) in [7, 11) is 0. The zero-order chi connectivity index (χ0) is 10.7. The Hall–Kier alpha value is -1.84. The number of benzene rings is 1. The van der Waals surface area contributed by atoms with Crippen molar-refractivity contribution in [1.82, 2.24) is 10.2 Å². The van der Waals surface area contributed by atoms with Crippen molar-refractivity contribution in [1.29, 1.82) is 0 Å². The minimum absolute atomic E-state index is 0.209. The molecule has 0 aliphatic rings. The summed E-state index contributed by atoms with van der Waals surface area (Å²) in [6, 6.07) is 6.59. The molecule has 1 aromatic heterocycles. The highest BCUT2D eigenvalue weighted by atomic mass is 19.1. The number of anilines is 1. The first-order chi connectivity index (χ1) is 7.25. The van der Waals surface area contributed by atoms with Gasteiger partial charge in [-0.15, -0.1) is 0 Å². The van der Waals surface area contributed by atoms with Gasteiger partial charge in [0.2, 0.25) is 0 Å². The van der Waals surface area contributed by atoms with Gasteiger partial charge in [0, 0.05) is 11.9 Å². The van der Waals surface area contributed by atoms with E-state index in [0.29, 0.717) is 6.54 Å². The SMILES string of the molecule is Cc1cc(F)ccc1NCc1ccn[nH]1. The minimum Gasteiger partial charge on any atom is -0.379 e. The van der Waals surface area contributed by atoms with Crippen LogP contribution in [0, 0.1) is 12.7 Å². The number of halogens is 1. The van der Waals surface area contributed by atoms with Crippen LogP contribution in [0.5, 0.6) is 0 Å². The van der Waals surface area contributed by atoms with Gasteiger partial charge < -0.3 is 5.32 Å². The lowest BCUT2D eigenvalue weighted by molar-refractivity contribution is 0.627. The van der Waals surface area contributed by atoms with E-state index in [1.54, 1.807) is 12.3 Å². The maximum atomic E-state index is 12.8. The van der Waals surface area contributed by atoms with Gasteiger partial charge in [0.15, 0.2) is 0 Å². The lowest BCUT2D eigenvalue weighted by Gasteiger charge is -2.07. The van der Waals surface area contributed by atoms with E-state index in [1.165, 1.54) is 12.1 Å². The molecule has 0 spiro atoms. The first-order valence-electron chi connectivity index (χ1n) is 4.74. The Labute approximate surface area is 87.3 Å². The summed E-state index contributed by atoms with van der Waals surface area (Å²) < 4.78 is 12.8. The van der Waals surface area contributed by atoms with E-state index < -0.39 is 0 Å². The van der Waals surface area contributed by atoms with E-state index in [0.717, 1.165) is 16.9 Å². The molecule has 0 fully saturated rings. The van der Waals surface area contributed by atoms with Gasteiger partial charge in [-0.3, -0.25) is 5.10 Å². The number of aromatic nitrogens is 2. The predicted octanol–water partition coefficient (Wildman–Crippen LogP) is 2.47. The molecule has 0 radical (unpaired) electrons. The lowest BCUT2D eigenvalue weighted by atomic mass is 10.2. The topological polar surface area (TPSA) is 40.7 Å². The van der Waals surface area contributed by atoms with Crippen LogP contribution in [0.4, 0.5) is 10.1 Å². The number of aromatic amines is 1. The molecular weight excluding hydrogens is 193 g/mol. The zero-order valence-corrected chi connectivity index (χ0v) is 8.42. The summed E-state index contributed by atoms with van der Waals surface area (Å²) in [6.45, 7) is 2.53. The number of hydrogen-bond acceptors (Lipinski definition) is 2. The van der Waals surface area contributed by atoms with E-state index in [1.807, 2.05) is 13.0 Å². The van der Waals surface area contributed by atoms with Crippen LogP contribution in [0.15, 0.2) is 30.5 Å². The first-order valence-corrected chi connectivity index (χ1v) is 4.74. The smallest absolute Gasteiger partial charge is 0.123 e. The average molecular weight is 205 g/mol. The van der Waals surface area contributed by atoms with Crippen LogP contribution < -0.4 is 5.32 Å². The minimum atomic E-state index is -0.209. The summed E-state index contributed by atoms with van der Waals surface area (Å²) in [4.78, 5) is 0. The van der Waals surface area contributed by atoms with Crippen molar-refractivity contribution in [2.24, 2.45) is 0 Å². The number of aryl methyl sites for hydroxylation is 1. The van der Waals surface area contributed by atoms with Crippen molar-refractivity contribution in [3.63, 3.8) is 0 Å². The summed E-state index contributed by atoms with van der Waals surface area (Å²) in [6.07, 6.45) is 1.70. The normalized spacial score (nSPS) is 10.3. The van der Waals surface area contributed by atoms with Crippen molar-refractivity contribution in [2.75, 3.05) is 5.32 Å². The van der Waals surface area contributed by atoms with Crippen molar-refractivity contribution in [2.45, 2.75) is 13.5 Å². The van der Waals surface area contributed by atoms with E-state index in [9.17, 15) is 4.39 Å². The van der Waals surface area contributed by atoms with Crippen molar-refractivity contribution < 1.29 is 4.39 Å². The second-order valence-electron chi connectivity index (χ2n) is 3.39. The number of nitrogens with zero attached hydrogens (tertiary/aromatic N) is 1. The molecule has 2 N–H and O–H groups in total. The molecule has 0 aliphatic heterocycles. The lowest BCUT2D eigenvalue weighted by Crippen LogP contribution is -2.01. The second-order valence-corrected chi connectivity index (χ2v) is 3.39. The highest BCUT2D eigenvalue weighted by Gasteiger charge is 1.99. The number of rotatable bonds is 3. The Balaban J connectivity index is 2.05. The molecule has 2 rings (SSSR count). The summed E-state index contributed by atoms with van der Waals surface area (Å²) >= 11 is 0. The fraction of sp³-hybridized carbons (Fsp3) is 0.182. The number of hydrogen-bond donors (Lipinski definition) is 2. The monoisotopic (exact) mass is 205 g/mol. The highest BCUT2D eigenvalue weighted by Crippen LogP contribution is 2.16. The molecule has 0 bridgehead atoms. The highest BCUT2D eigenvalue weighted by molar-refractivity contribution is 5.50. The molecule has 2 aromatic rings. The van der Waals surface area contributed by atoms with E-state index in [4.69, 9.17) is 0 Å². The fourth-order valence-electron chi connectivity index (χ4n) is 1.40. The van der Waals surface area contributed by atoms with Gasteiger partial charge >= 0.3 is 0 Å². The molecule has 1 heterocycles. The van der Waals surface area contributed by atoms with E-state index in [2.05, 4.69) is 15.5 Å². The Morgan fingerprint density at radius 1 is 1.40 bits per heavy atom. The van der Waals surface area contributed by atoms with Gasteiger partial charge in [-0.05, 0) is 36.8 Å². The molecule has 0 saturated heterocycles. The van der Waals surface area contributed by atoms with Gasteiger partial charge in [-0.1, -0.05) is 0 Å². The van der Waals surface area contributed by atoms with Gasteiger partial charge in [0.05, 0.1) is 12.2 Å².